The fraction of sp³-hybridized carbons (Fsp3) is 0.346. The third kappa shape index (κ3) is 6.47. The molecule has 2 atom stereocenters. The van der Waals surface area contributed by atoms with Crippen LogP contribution >= 0.6 is 0 Å². The average Bonchev–Trinajstić information content (AvgIpc) is 2.93. The lowest BCUT2D eigenvalue weighted by Crippen LogP contribution is -2.55. The largest absolute Gasteiger partial charge is 0.444 e. The molecular weight excluding hydrogens is 464 g/mol. The number of ketones is 1. The number of fused-ring (bicyclic) bond motifs is 1. The summed E-state index contributed by atoms with van der Waals surface area (Å²) in [4.78, 5) is 64.2. The van der Waals surface area contributed by atoms with E-state index < -0.39 is 41.5 Å². The number of carbonyl (C=O) groups is 5. The van der Waals surface area contributed by atoms with Crippen molar-refractivity contribution in [3.05, 3.63) is 59.7 Å². The highest BCUT2D eigenvalue weighted by Gasteiger charge is 2.34. The van der Waals surface area contributed by atoms with E-state index in [1.54, 1.807) is 69.3 Å². The third-order valence-corrected chi connectivity index (χ3v) is 5.36. The lowest BCUT2D eigenvalue weighted by Gasteiger charge is -2.26. The Kier molecular flexibility index (Phi) is 7.77. The summed E-state index contributed by atoms with van der Waals surface area (Å²) in [6.07, 6.45) is -0.770. The second-order valence-electron chi connectivity index (χ2n) is 9.48. The van der Waals surface area contributed by atoms with Crippen LogP contribution in [0.25, 0.3) is 0 Å². The summed E-state index contributed by atoms with van der Waals surface area (Å²) in [6, 6.07) is 10.9. The maximum absolute atomic E-state index is 13.5. The number of hydrogen-bond donors (Lipinski definition) is 3. The molecule has 2 aromatic rings. The normalized spacial score (nSPS) is 16.1. The maximum Gasteiger partial charge on any atom is 0.408 e. The number of anilines is 2. The first-order chi connectivity index (χ1) is 16.9. The summed E-state index contributed by atoms with van der Waals surface area (Å²) >= 11 is 0. The smallest absolute Gasteiger partial charge is 0.408 e. The second-order valence-corrected chi connectivity index (χ2v) is 9.48. The zero-order chi connectivity index (χ0) is 26.6. The number of alkyl carbamates (subject to hydrolysis) is 1. The highest BCUT2D eigenvalue weighted by molar-refractivity contribution is 6.12. The van der Waals surface area contributed by atoms with Crippen molar-refractivity contribution in [3.63, 3.8) is 0 Å². The van der Waals surface area contributed by atoms with Gasteiger partial charge in [0, 0.05) is 11.1 Å². The highest BCUT2D eigenvalue weighted by Crippen LogP contribution is 2.30. The Morgan fingerprint density at radius 2 is 1.64 bits per heavy atom. The molecule has 0 radical (unpaired) electrons. The summed E-state index contributed by atoms with van der Waals surface area (Å²) in [5.41, 5.74) is 0.915. The molecule has 0 fully saturated rings. The monoisotopic (exact) mass is 494 g/mol. The number of Topliss-reactive ketones (excluding diaryl/α,β-unsaturated/α-hetero) is 1. The zero-order valence-electron chi connectivity index (χ0n) is 20.9. The molecule has 36 heavy (non-hydrogen) atoms. The quantitative estimate of drug-likeness (QED) is 0.548. The zero-order valence-corrected chi connectivity index (χ0v) is 20.9. The molecule has 0 spiro atoms. The molecule has 0 saturated heterocycles. The van der Waals surface area contributed by atoms with Crippen LogP contribution in [-0.2, 0) is 14.3 Å². The number of para-hydroxylation sites is 2. The fourth-order valence-corrected chi connectivity index (χ4v) is 3.55. The predicted octanol–water partition coefficient (Wildman–Crippen LogP) is 2.89. The molecule has 1 unspecified atom stereocenters. The number of benzene rings is 2. The molecular formula is C26H30N4O6. The van der Waals surface area contributed by atoms with Gasteiger partial charge in [-0.05, 0) is 58.9 Å². The van der Waals surface area contributed by atoms with Gasteiger partial charge in [-0.1, -0.05) is 24.3 Å². The van der Waals surface area contributed by atoms with E-state index in [0.29, 0.717) is 22.5 Å². The molecule has 1 aliphatic heterocycles. The lowest BCUT2D eigenvalue weighted by atomic mass is 10.1. The van der Waals surface area contributed by atoms with Crippen molar-refractivity contribution in [2.24, 2.45) is 0 Å². The predicted molar refractivity (Wildman–Crippen MR) is 134 cm³/mol. The number of carbonyl (C=O) groups excluding carboxylic acids is 5. The van der Waals surface area contributed by atoms with Crippen molar-refractivity contribution in [1.82, 2.24) is 10.6 Å². The van der Waals surface area contributed by atoms with Gasteiger partial charge in [-0.3, -0.25) is 19.2 Å². The summed E-state index contributed by atoms with van der Waals surface area (Å²) in [5, 5.41) is 7.79. The summed E-state index contributed by atoms with van der Waals surface area (Å²) in [7, 11) is 0. The number of nitrogens with zero attached hydrogens (tertiary/aromatic N) is 1. The van der Waals surface area contributed by atoms with Gasteiger partial charge >= 0.3 is 6.09 Å². The SMILES string of the molecule is CC(=O)c1ccc(C(=O)N2CC(NC(=O)[C@H](C)NC(=O)OC(C)(C)C)C(=O)Nc3ccccc32)cc1. The average molecular weight is 495 g/mol. The first kappa shape index (κ1) is 26.4. The first-order valence-corrected chi connectivity index (χ1v) is 11.5. The molecule has 0 saturated carbocycles. The molecule has 3 rings (SSSR count). The van der Waals surface area contributed by atoms with Gasteiger partial charge in [0.2, 0.25) is 11.8 Å². The molecule has 10 heteroatoms. The van der Waals surface area contributed by atoms with Crippen LogP contribution in [0.15, 0.2) is 48.5 Å². The molecule has 190 valence electrons. The van der Waals surface area contributed by atoms with Gasteiger partial charge in [-0.15, -0.1) is 0 Å². The van der Waals surface area contributed by atoms with Crippen molar-refractivity contribution in [2.75, 3.05) is 16.8 Å². The Morgan fingerprint density at radius 1 is 1.03 bits per heavy atom. The van der Waals surface area contributed by atoms with Crippen LogP contribution in [0.3, 0.4) is 0 Å². The van der Waals surface area contributed by atoms with Crippen LogP contribution in [0, 0.1) is 0 Å². The van der Waals surface area contributed by atoms with E-state index in [1.807, 2.05) is 0 Å². The second kappa shape index (κ2) is 10.6. The van der Waals surface area contributed by atoms with Gasteiger partial charge in [0.25, 0.3) is 5.91 Å². The van der Waals surface area contributed by atoms with Crippen molar-refractivity contribution < 1.29 is 28.7 Å². The number of amides is 4. The summed E-state index contributed by atoms with van der Waals surface area (Å²) in [6.45, 7) is 7.84. The number of nitrogens with one attached hydrogen (secondary N) is 3. The van der Waals surface area contributed by atoms with Crippen LogP contribution in [0.4, 0.5) is 16.2 Å². The van der Waals surface area contributed by atoms with E-state index in [4.69, 9.17) is 4.74 Å². The first-order valence-electron chi connectivity index (χ1n) is 11.5. The van der Waals surface area contributed by atoms with E-state index in [2.05, 4.69) is 16.0 Å². The van der Waals surface area contributed by atoms with Crippen LogP contribution in [0.1, 0.15) is 55.3 Å². The molecule has 4 amide bonds. The van der Waals surface area contributed by atoms with Gasteiger partial charge in [0.1, 0.15) is 17.7 Å². The topological polar surface area (TPSA) is 134 Å². The van der Waals surface area contributed by atoms with Crippen molar-refractivity contribution in [3.8, 4) is 0 Å². The van der Waals surface area contributed by atoms with E-state index >= 15 is 0 Å². The minimum absolute atomic E-state index is 0.124. The number of rotatable bonds is 5. The van der Waals surface area contributed by atoms with Gasteiger partial charge in [-0.25, -0.2) is 4.79 Å². The van der Waals surface area contributed by atoms with Crippen molar-refractivity contribution >= 4 is 41.0 Å². The van der Waals surface area contributed by atoms with Gasteiger partial charge in [0.05, 0.1) is 17.9 Å². The summed E-state index contributed by atoms with van der Waals surface area (Å²) in [5.74, 6) is -1.67. The Bertz CT molecular complexity index is 1190. The maximum atomic E-state index is 13.5. The number of hydrogen-bond acceptors (Lipinski definition) is 6. The van der Waals surface area contributed by atoms with Crippen molar-refractivity contribution in [2.45, 2.75) is 52.3 Å². The van der Waals surface area contributed by atoms with Gasteiger partial charge in [0.15, 0.2) is 5.78 Å². The van der Waals surface area contributed by atoms with Crippen LogP contribution in [0.2, 0.25) is 0 Å². The summed E-state index contributed by atoms with van der Waals surface area (Å²) < 4.78 is 5.17. The van der Waals surface area contributed by atoms with Crippen molar-refractivity contribution in [1.29, 1.82) is 0 Å². The molecule has 2 aromatic carbocycles. The van der Waals surface area contributed by atoms with E-state index in [9.17, 15) is 24.0 Å². The third-order valence-electron chi connectivity index (χ3n) is 5.36. The van der Waals surface area contributed by atoms with Crippen LogP contribution in [-0.4, -0.2) is 53.8 Å². The Balaban J connectivity index is 1.82. The van der Waals surface area contributed by atoms with E-state index in [0.717, 1.165) is 0 Å². The number of ether oxygens (including phenoxy) is 1. The Morgan fingerprint density at radius 3 is 2.25 bits per heavy atom. The van der Waals surface area contributed by atoms with Gasteiger partial charge in [-0.2, -0.15) is 0 Å². The van der Waals surface area contributed by atoms with Crippen LogP contribution in [0.5, 0.6) is 0 Å². The minimum atomic E-state index is -1.10. The molecule has 1 heterocycles. The molecule has 0 aromatic heterocycles. The Labute approximate surface area is 209 Å². The van der Waals surface area contributed by atoms with Gasteiger partial charge < -0.3 is 25.6 Å². The molecule has 0 aliphatic carbocycles. The highest BCUT2D eigenvalue weighted by atomic mass is 16.6. The van der Waals surface area contributed by atoms with E-state index in [1.165, 1.54) is 18.7 Å². The Hall–Kier alpha value is -4.21. The standard InChI is InChI=1S/C26H30N4O6/c1-15(27-25(35)36-26(3,4)5)22(32)29-20-14-30(21-9-7-6-8-19(21)28-23(20)33)24(34)18-12-10-17(11-13-18)16(2)31/h6-13,15,20H,14H2,1-5H3,(H,27,35)(H,28,33)(H,29,32)/t15-,20?/m0/s1. The van der Waals surface area contributed by atoms with E-state index in [-0.39, 0.29) is 12.3 Å². The minimum Gasteiger partial charge on any atom is -0.444 e. The van der Waals surface area contributed by atoms with Crippen LogP contribution < -0.4 is 20.9 Å². The molecule has 10 nitrogen and oxygen atoms in total. The molecule has 3 N–H and O–H groups in total. The fourth-order valence-electron chi connectivity index (χ4n) is 3.55. The molecule has 1 aliphatic rings. The lowest BCUT2D eigenvalue weighted by molar-refractivity contribution is -0.127. The molecule has 0 bridgehead atoms.